The SMILES string of the molecule is Cc1ccc(Cl)cc1NC(=O)Cn1cnc2sc(C(=O)OCCc3ccccc3)c(C)c2c1=O. The molecule has 174 valence electrons. The highest BCUT2D eigenvalue weighted by atomic mass is 35.5. The minimum atomic E-state index is -0.489. The fraction of sp³-hybridized carbons (Fsp3) is 0.200. The molecule has 0 saturated carbocycles. The number of ether oxygens (including phenoxy) is 1. The molecule has 0 atom stereocenters. The number of nitrogens with one attached hydrogen (secondary N) is 1. The number of fused-ring (bicyclic) bond motifs is 1. The summed E-state index contributed by atoms with van der Waals surface area (Å²) in [6.07, 6.45) is 1.92. The maximum Gasteiger partial charge on any atom is 0.348 e. The summed E-state index contributed by atoms with van der Waals surface area (Å²) in [6, 6.07) is 14.9. The zero-order valence-corrected chi connectivity index (χ0v) is 20.2. The number of thiophene rings is 1. The number of hydrogen-bond donors (Lipinski definition) is 1. The number of carbonyl (C=O) groups is 2. The summed E-state index contributed by atoms with van der Waals surface area (Å²) in [5, 5.41) is 3.58. The van der Waals surface area contributed by atoms with Gasteiger partial charge in [0.15, 0.2) is 0 Å². The van der Waals surface area contributed by atoms with Crippen LogP contribution in [0.2, 0.25) is 5.02 Å². The van der Waals surface area contributed by atoms with Gasteiger partial charge in [-0.3, -0.25) is 14.2 Å². The number of aryl methyl sites for hydroxylation is 2. The quantitative estimate of drug-likeness (QED) is 0.373. The van der Waals surface area contributed by atoms with Crippen molar-refractivity contribution < 1.29 is 14.3 Å². The van der Waals surface area contributed by atoms with Gasteiger partial charge in [-0.25, -0.2) is 9.78 Å². The number of hydrogen-bond acceptors (Lipinski definition) is 6. The van der Waals surface area contributed by atoms with E-state index >= 15 is 0 Å². The average Bonchev–Trinajstić information content (AvgIpc) is 3.16. The first-order valence-corrected chi connectivity index (χ1v) is 11.8. The molecule has 0 aliphatic heterocycles. The summed E-state index contributed by atoms with van der Waals surface area (Å²) < 4.78 is 6.65. The van der Waals surface area contributed by atoms with Crippen molar-refractivity contribution >= 4 is 50.7 Å². The van der Waals surface area contributed by atoms with Crippen LogP contribution in [0.5, 0.6) is 0 Å². The van der Waals surface area contributed by atoms with Crippen molar-refractivity contribution in [3.05, 3.63) is 91.8 Å². The molecule has 0 unspecified atom stereocenters. The second kappa shape index (κ2) is 10.2. The van der Waals surface area contributed by atoms with Crippen LogP contribution in [0, 0.1) is 13.8 Å². The van der Waals surface area contributed by atoms with E-state index in [1.54, 1.807) is 25.1 Å². The molecule has 4 aromatic rings. The number of aromatic nitrogens is 2. The lowest BCUT2D eigenvalue weighted by Gasteiger charge is -2.10. The van der Waals surface area contributed by atoms with Crippen LogP contribution in [-0.2, 0) is 22.5 Å². The van der Waals surface area contributed by atoms with Crippen LogP contribution in [0.1, 0.15) is 26.4 Å². The molecular formula is C25H22ClN3O4S. The first-order valence-electron chi connectivity index (χ1n) is 10.6. The molecule has 7 nitrogen and oxygen atoms in total. The van der Waals surface area contributed by atoms with Crippen LogP contribution in [0.25, 0.3) is 10.2 Å². The van der Waals surface area contributed by atoms with Gasteiger partial charge in [0, 0.05) is 17.1 Å². The van der Waals surface area contributed by atoms with Crippen molar-refractivity contribution in [2.75, 3.05) is 11.9 Å². The predicted octanol–water partition coefficient (Wildman–Crippen LogP) is 4.77. The van der Waals surface area contributed by atoms with E-state index in [1.165, 1.54) is 10.9 Å². The van der Waals surface area contributed by atoms with Gasteiger partial charge in [-0.15, -0.1) is 11.3 Å². The van der Waals surface area contributed by atoms with Crippen molar-refractivity contribution in [1.82, 2.24) is 9.55 Å². The van der Waals surface area contributed by atoms with Crippen LogP contribution >= 0.6 is 22.9 Å². The Morgan fingerprint density at radius 2 is 1.91 bits per heavy atom. The van der Waals surface area contributed by atoms with E-state index in [0.29, 0.717) is 37.8 Å². The standard InChI is InChI=1S/C25H22ClN3O4S/c1-15-8-9-18(26)12-19(15)28-20(30)13-29-14-27-23-21(24(29)31)16(2)22(34-23)25(32)33-11-10-17-6-4-3-5-7-17/h3-9,12,14H,10-11,13H2,1-2H3,(H,28,30). The summed E-state index contributed by atoms with van der Waals surface area (Å²) in [4.78, 5) is 43.3. The predicted molar refractivity (Wildman–Crippen MR) is 134 cm³/mol. The van der Waals surface area contributed by atoms with Crippen molar-refractivity contribution in [3.63, 3.8) is 0 Å². The third kappa shape index (κ3) is 5.18. The van der Waals surface area contributed by atoms with E-state index in [9.17, 15) is 14.4 Å². The van der Waals surface area contributed by atoms with Gasteiger partial charge >= 0.3 is 5.97 Å². The molecule has 0 bridgehead atoms. The third-order valence-corrected chi connectivity index (χ3v) is 6.77. The van der Waals surface area contributed by atoms with E-state index in [0.717, 1.165) is 22.5 Å². The van der Waals surface area contributed by atoms with E-state index in [-0.39, 0.29) is 24.6 Å². The fourth-order valence-electron chi connectivity index (χ4n) is 3.51. The molecule has 2 heterocycles. The number of amides is 1. The van der Waals surface area contributed by atoms with Gasteiger partial charge in [-0.1, -0.05) is 48.0 Å². The second-order valence-electron chi connectivity index (χ2n) is 7.79. The highest BCUT2D eigenvalue weighted by molar-refractivity contribution is 7.20. The lowest BCUT2D eigenvalue weighted by atomic mass is 10.2. The molecule has 4 rings (SSSR count). The number of nitrogens with zero attached hydrogens (tertiary/aromatic N) is 2. The first-order chi connectivity index (χ1) is 16.3. The maximum absolute atomic E-state index is 13.1. The summed E-state index contributed by atoms with van der Waals surface area (Å²) in [5.74, 6) is -0.876. The number of esters is 1. The molecule has 34 heavy (non-hydrogen) atoms. The summed E-state index contributed by atoms with van der Waals surface area (Å²) >= 11 is 7.12. The van der Waals surface area contributed by atoms with Crippen LogP contribution in [-0.4, -0.2) is 28.0 Å². The van der Waals surface area contributed by atoms with Gasteiger partial charge in [0.1, 0.15) is 16.3 Å². The molecule has 0 aliphatic carbocycles. The number of halogens is 1. The highest BCUT2D eigenvalue weighted by Gasteiger charge is 2.21. The largest absolute Gasteiger partial charge is 0.461 e. The summed E-state index contributed by atoms with van der Waals surface area (Å²) in [5.41, 5.74) is 2.61. The van der Waals surface area contributed by atoms with Gasteiger partial charge in [0.05, 0.1) is 18.3 Å². The Hall–Kier alpha value is -3.49. The molecule has 0 spiro atoms. The van der Waals surface area contributed by atoms with Crippen molar-refractivity contribution in [2.24, 2.45) is 0 Å². The number of rotatable bonds is 7. The molecule has 0 saturated heterocycles. The molecule has 0 fully saturated rings. The highest BCUT2D eigenvalue weighted by Crippen LogP contribution is 2.27. The minimum absolute atomic E-state index is 0.222. The number of benzene rings is 2. The van der Waals surface area contributed by atoms with E-state index in [4.69, 9.17) is 16.3 Å². The maximum atomic E-state index is 13.1. The van der Waals surface area contributed by atoms with E-state index in [1.807, 2.05) is 37.3 Å². The molecular weight excluding hydrogens is 474 g/mol. The lowest BCUT2D eigenvalue weighted by molar-refractivity contribution is -0.116. The zero-order chi connectivity index (χ0) is 24.2. The van der Waals surface area contributed by atoms with Gasteiger partial charge in [-0.05, 0) is 42.7 Å². The molecule has 1 N–H and O–H groups in total. The van der Waals surface area contributed by atoms with Crippen LogP contribution < -0.4 is 10.9 Å². The van der Waals surface area contributed by atoms with Crippen LogP contribution in [0.15, 0.2) is 59.7 Å². The molecule has 0 radical (unpaired) electrons. The fourth-order valence-corrected chi connectivity index (χ4v) is 4.72. The monoisotopic (exact) mass is 495 g/mol. The van der Waals surface area contributed by atoms with Crippen molar-refractivity contribution in [2.45, 2.75) is 26.8 Å². The average molecular weight is 496 g/mol. The molecule has 1 amide bonds. The lowest BCUT2D eigenvalue weighted by Crippen LogP contribution is -2.28. The zero-order valence-electron chi connectivity index (χ0n) is 18.6. The van der Waals surface area contributed by atoms with Gasteiger partial charge < -0.3 is 10.1 Å². The normalized spacial score (nSPS) is 10.9. The van der Waals surface area contributed by atoms with E-state index in [2.05, 4.69) is 10.3 Å². The third-order valence-electron chi connectivity index (χ3n) is 5.36. The Bertz CT molecular complexity index is 1430. The van der Waals surface area contributed by atoms with Crippen molar-refractivity contribution in [3.8, 4) is 0 Å². The number of anilines is 1. The van der Waals surface area contributed by atoms with Gasteiger partial charge in [0.25, 0.3) is 5.56 Å². The number of carbonyl (C=O) groups excluding carboxylic acids is 2. The Morgan fingerprint density at radius 3 is 2.68 bits per heavy atom. The molecule has 2 aromatic carbocycles. The summed E-state index contributed by atoms with van der Waals surface area (Å²) in [6.45, 7) is 3.55. The van der Waals surface area contributed by atoms with Gasteiger partial charge in [-0.2, -0.15) is 0 Å². The van der Waals surface area contributed by atoms with Gasteiger partial charge in [0.2, 0.25) is 5.91 Å². The van der Waals surface area contributed by atoms with Crippen LogP contribution in [0.4, 0.5) is 5.69 Å². The Morgan fingerprint density at radius 1 is 1.15 bits per heavy atom. The molecule has 2 aromatic heterocycles. The van der Waals surface area contributed by atoms with Crippen molar-refractivity contribution in [1.29, 1.82) is 0 Å². The van der Waals surface area contributed by atoms with Crippen LogP contribution in [0.3, 0.4) is 0 Å². The van der Waals surface area contributed by atoms with E-state index < -0.39 is 5.97 Å². The molecule has 0 aliphatic rings. The Balaban J connectivity index is 1.49. The molecule has 9 heteroatoms. The Kier molecular flexibility index (Phi) is 7.09. The second-order valence-corrected chi connectivity index (χ2v) is 9.23. The topological polar surface area (TPSA) is 90.3 Å². The smallest absolute Gasteiger partial charge is 0.348 e. The summed E-state index contributed by atoms with van der Waals surface area (Å²) in [7, 11) is 0. The first kappa shape index (κ1) is 23.7. The Labute approximate surface area is 205 Å². The minimum Gasteiger partial charge on any atom is -0.461 e.